The van der Waals surface area contributed by atoms with Gasteiger partial charge in [0.05, 0.1) is 5.39 Å². The molecule has 136 valence electrons. The fourth-order valence-corrected chi connectivity index (χ4v) is 5.45. The van der Waals surface area contributed by atoms with Crippen LogP contribution in [-0.2, 0) is 6.42 Å². The lowest BCUT2D eigenvalue weighted by atomic mass is 9.94. The number of thiophene rings is 1. The fourth-order valence-electron chi connectivity index (χ4n) is 4.40. The zero-order chi connectivity index (χ0) is 17.4. The van der Waals surface area contributed by atoms with Crippen molar-refractivity contribution < 1.29 is 0 Å². The van der Waals surface area contributed by atoms with Crippen molar-refractivity contribution in [3.8, 4) is 0 Å². The van der Waals surface area contributed by atoms with E-state index in [1.807, 2.05) is 11.3 Å². The van der Waals surface area contributed by atoms with Crippen molar-refractivity contribution in [2.45, 2.75) is 65.3 Å². The fraction of sp³-hybridized carbons (Fsp3) is 0.700. The maximum Gasteiger partial charge on any atom is 0.141 e. The van der Waals surface area contributed by atoms with Crippen molar-refractivity contribution in [2.75, 3.05) is 31.1 Å². The summed E-state index contributed by atoms with van der Waals surface area (Å²) in [7, 11) is 0. The van der Waals surface area contributed by atoms with Gasteiger partial charge in [0.2, 0.25) is 0 Å². The highest BCUT2D eigenvalue weighted by atomic mass is 32.1. The standard InChI is InChI=1S/C20H30N4S/c1-4-17-21-19(18-14(2)15(3)25-20(18)22-17)24-12-10-23(11-13-24)16-8-6-5-7-9-16/h16H,4-13H2,1-3H3. The molecule has 0 amide bonds. The average Bonchev–Trinajstić information content (AvgIpc) is 2.96. The Hall–Kier alpha value is -1.20. The molecule has 5 heteroatoms. The van der Waals surface area contributed by atoms with Crippen LogP contribution >= 0.6 is 11.3 Å². The molecular weight excluding hydrogens is 328 g/mol. The Morgan fingerprint density at radius 3 is 2.40 bits per heavy atom. The zero-order valence-corrected chi connectivity index (χ0v) is 16.7. The third kappa shape index (κ3) is 3.28. The van der Waals surface area contributed by atoms with Gasteiger partial charge in [-0.05, 0) is 32.3 Å². The maximum atomic E-state index is 4.96. The minimum absolute atomic E-state index is 0.831. The minimum Gasteiger partial charge on any atom is -0.353 e. The molecular formula is C20H30N4S. The molecule has 0 atom stereocenters. The second-order valence-corrected chi connectivity index (χ2v) is 8.80. The maximum absolute atomic E-state index is 4.96. The molecule has 0 spiro atoms. The highest BCUT2D eigenvalue weighted by molar-refractivity contribution is 7.18. The quantitative estimate of drug-likeness (QED) is 0.818. The summed E-state index contributed by atoms with van der Waals surface area (Å²) in [5, 5.41) is 1.30. The molecule has 1 aliphatic carbocycles. The van der Waals surface area contributed by atoms with Crippen molar-refractivity contribution in [3.05, 3.63) is 16.3 Å². The van der Waals surface area contributed by atoms with Gasteiger partial charge in [0.15, 0.2) is 0 Å². The van der Waals surface area contributed by atoms with Crippen molar-refractivity contribution in [2.24, 2.45) is 0 Å². The van der Waals surface area contributed by atoms with Crippen molar-refractivity contribution >= 4 is 27.4 Å². The zero-order valence-electron chi connectivity index (χ0n) is 15.8. The summed E-state index contributed by atoms with van der Waals surface area (Å²) in [6.07, 6.45) is 7.99. The summed E-state index contributed by atoms with van der Waals surface area (Å²) < 4.78 is 0. The molecule has 2 aromatic heterocycles. The third-order valence-corrected chi connectivity index (χ3v) is 7.18. The summed E-state index contributed by atoms with van der Waals surface area (Å²) in [5.74, 6) is 2.17. The normalized spacial score (nSPS) is 20.5. The van der Waals surface area contributed by atoms with Crippen molar-refractivity contribution in [3.63, 3.8) is 0 Å². The van der Waals surface area contributed by atoms with E-state index in [-0.39, 0.29) is 0 Å². The summed E-state index contributed by atoms with van der Waals surface area (Å²) >= 11 is 1.82. The number of fused-ring (bicyclic) bond motifs is 1. The first-order valence-corrected chi connectivity index (χ1v) is 10.7. The van der Waals surface area contributed by atoms with Gasteiger partial charge in [-0.15, -0.1) is 11.3 Å². The van der Waals surface area contributed by atoms with E-state index in [4.69, 9.17) is 9.97 Å². The number of aryl methyl sites for hydroxylation is 3. The Morgan fingerprint density at radius 2 is 1.72 bits per heavy atom. The molecule has 0 bridgehead atoms. The van der Waals surface area contributed by atoms with Crippen LogP contribution < -0.4 is 4.90 Å². The van der Waals surface area contributed by atoms with Gasteiger partial charge in [-0.2, -0.15) is 0 Å². The molecule has 0 N–H and O–H groups in total. The summed E-state index contributed by atoms with van der Waals surface area (Å²) in [5.41, 5.74) is 1.37. The first kappa shape index (κ1) is 17.2. The van der Waals surface area contributed by atoms with Crippen LogP contribution in [0.5, 0.6) is 0 Å². The Balaban J connectivity index is 1.58. The molecule has 1 aliphatic heterocycles. The predicted octanol–water partition coefficient (Wildman–Crippen LogP) is 4.33. The SMILES string of the molecule is CCc1nc(N2CCN(C3CCCCC3)CC2)c2c(C)c(C)sc2n1. The van der Waals surface area contributed by atoms with Crippen LogP contribution in [0.15, 0.2) is 0 Å². The Morgan fingerprint density at radius 1 is 1.00 bits per heavy atom. The molecule has 3 heterocycles. The molecule has 4 rings (SSSR count). The van der Waals surface area contributed by atoms with Crippen LogP contribution in [0, 0.1) is 13.8 Å². The largest absolute Gasteiger partial charge is 0.353 e. The topological polar surface area (TPSA) is 32.3 Å². The second kappa shape index (κ2) is 7.20. The Kier molecular flexibility index (Phi) is 4.96. The molecule has 1 saturated carbocycles. The van der Waals surface area contributed by atoms with E-state index in [0.717, 1.165) is 31.4 Å². The van der Waals surface area contributed by atoms with Crippen LogP contribution in [0.25, 0.3) is 10.2 Å². The number of aromatic nitrogens is 2. The lowest BCUT2D eigenvalue weighted by molar-refractivity contribution is 0.148. The van der Waals surface area contributed by atoms with Gasteiger partial charge in [0, 0.05) is 43.5 Å². The monoisotopic (exact) mass is 358 g/mol. The van der Waals surface area contributed by atoms with E-state index in [0.29, 0.717) is 0 Å². The van der Waals surface area contributed by atoms with Crippen LogP contribution in [-0.4, -0.2) is 47.1 Å². The molecule has 1 saturated heterocycles. The smallest absolute Gasteiger partial charge is 0.141 e. The lowest BCUT2D eigenvalue weighted by Gasteiger charge is -2.41. The number of hydrogen-bond donors (Lipinski definition) is 0. The van der Waals surface area contributed by atoms with Crippen LogP contribution in [0.3, 0.4) is 0 Å². The Bertz CT molecular complexity index is 740. The summed E-state index contributed by atoms with van der Waals surface area (Å²) in [6.45, 7) is 11.1. The highest BCUT2D eigenvalue weighted by Crippen LogP contribution is 2.35. The molecule has 25 heavy (non-hydrogen) atoms. The first-order chi connectivity index (χ1) is 12.2. The molecule has 2 fully saturated rings. The Labute approximate surface area is 155 Å². The number of hydrogen-bond acceptors (Lipinski definition) is 5. The van der Waals surface area contributed by atoms with Gasteiger partial charge in [-0.1, -0.05) is 26.2 Å². The van der Waals surface area contributed by atoms with E-state index in [2.05, 4.69) is 30.6 Å². The second-order valence-electron chi connectivity index (χ2n) is 7.60. The van der Waals surface area contributed by atoms with Gasteiger partial charge in [0.25, 0.3) is 0 Å². The van der Waals surface area contributed by atoms with Crippen LogP contribution in [0.4, 0.5) is 5.82 Å². The van der Waals surface area contributed by atoms with E-state index < -0.39 is 0 Å². The van der Waals surface area contributed by atoms with Gasteiger partial charge in [-0.3, -0.25) is 4.90 Å². The van der Waals surface area contributed by atoms with Gasteiger partial charge in [0.1, 0.15) is 16.5 Å². The average molecular weight is 359 g/mol. The van der Waals surface area contributed by atoms with E-state index in [1.165, 1.54) is 71.7 Å². The molecule has 2 aliphatic rings. The third-order valence-electron chi connectivity index (χ3n) is 6.08. The van der Waals surface area contributed by atoms with E-state index >= 15 is 0 Å². The van der Waals surface area contributed by atoms with Crippen LogP contribution in [0.1, 0.15) is 55.3 Å². The minimum atomic E-state index is 0.831. The molecule has 0 radical (unpaired) electrons. The first-order valence-electron chi connectivity index (χ1n) is 9.93. The van der Waals surface area contributed by atoms with Gasteiger partial charge >= 0.3 is 0 Å². The predicted molar refractivity (Wildman–Crippen MR) is 107 cm³/mol. The van der Waals surface area contributed by atoms with E-state index in [1.54, 1.807) is 0 Å². The lowest BCUT2D eigenvalue weighted by Crippen LogP contribution is -2.51. The molecule has 2 aromatic rings. The molecule has 0 unspecified atom stereocenters. The molecule has 0 aromatic carbocycles. The summed E-state index contributed by atoms with van der Waals surface area (Å²) in [4.78, 5) is 17.5. The van der Waals surface area contributed by atoms with Crippen molar-refractivity contribution in [1.82, 2.24) is 14.9 Å². The van der Waals surface area contributed by atoms with Crippen molar-refractivity contribution in [1.29, 1.82) is 0 Å². The summed E-state index contributed by atoms with van der Waals surface area (Å²) in [6, 6.07) is 0.831. The van der Waals surface area contributed by atoms with Gasteiger partial charge < -0.3 is 4.90 Å². The molecule has 4 nitrogen and oxygen atoms in total. The van der Waals surface area contributed by atoms with Crippen LogP contribution in [0.2, 0.25) is 0 Å². The number of rotatable bonds is 3. The van der Waals surface area contributed by atoms with E-state index in [9.17, 15) is 0 Å². The van der Waals surface area contributed by atoms with Gasteiger partial charge in [-0.25, -0.2) is 9.97 Å². The number of piperazine rings is 1. The number of nitrogens with zero attached hydrogens (tertiary/aromatic N) is 4. The number of anilines is 1. The highest BCUT2D eigenvalue weighted by Gasteiger charge is 2.27.